The molecule has 0 spiro atoms. The summed E-state index contributed by atoms with van der Waals surface area (Å²) in [6.45, 7) is 3.98. The lowest BCUT2D eigenvalue weighted by Crippen LogP contribution is -2.34. The minimum absolute atomic E-state index is 0.0125. The number of amides is 2. The van der Waals surface area contributed by atoms with Crippen LogP contribution < -0.4 is 0 Å². The molecule has 1 aliphatic heterocycles. The van der Waals surface area contributed by atoms with Crippen molar-refractivity contribution in [1.82, 2.24) is 4.90 Å². The molecule has 3 aliphatic rings. The van der Waals surface area contributed by atoms with Gasteiger partial charge in [-0.1, -0.05) is 12.2 Å². The summed E-state index contributed by atoms with van der Waals surface area (Å²) in [5, 5.41) is 0. The molecule has 0 aromatic rings. The van der Waals surface area contributed by atoms with Crippen molar-refractivity contribution in [1.29, 1.82) is 0 Å². The maximum absolute atomic E-state index is 12.4. The number of Topliss-reactive ketones (excluding diaryl/α,β-unsaturated/α-hetero) is 1. The van der Waals surface area contributed by atoms with E-state index in [9.17, 15) is 14.4 Å². The Labute approximate surface area is 124 Å². The molecule has 3 unspecified atom stereocenters. The van der Waals surface area contributed by atoms with E-state index in [0.29, 0.717) is 19.6 Å². The van der Waals surface area contributed by atoms with Crippen molar-refractivity contribution in [2.24, 2.45) is 23.7 Å². The van der Waals surface area contributed by atoms with Gasteiger partial charge in [0.1, 0.15) is 6.10 Å². The molecule has 0 radical (unpaired) electrons. The number of carbonyl (C=O) groups excluding carboxylic acids is 3. The summed E-state index contributed by atoms with van der Waals surface area (Å²) in [5.74, 6) is 0.239. The number of ether oxygens (including phenoxy) is 1. The summed E-state index contributed by atoms with van der Waals surface area (Å²) in [6.07, 6.45) is 5.31. The van der Waals surface area contributed by atoms with E-state index in [1.54, 1.807) is 6.92 Å². The minimum atomic E-state index is -0.422. The van der Waals surface area contributed by atoms with E-state index >= 15 is 0 Å². The van der Waals surface area contributed by atoms with Crippen molar-refractivity contribution in [3.05, 3.63) is 12.2 Å². The molecule has 5 nitrogen and oxygen atoms in total. The van der Waals surface area contributed by atoms with Gasteiger partial charge in [-0.3, -0.25) is 19.3 Å². The van der Waals surface area contributed by atoms with Crippen LogP contribution in [0.1, 0.15) is 26.7 Å². The summed E-state index contributed by atoms with van der Waals surface area (Å²) < 4.78 is 5.37. The van der Waals surface area contributed by atoms with E-state index in [1.807, 2.05) is 0 Å². The Morgan fingerprint density at radius 3 is 2.38 bits per heavy atom. The molecule has 2 aliphatic carbocycles. The lowest BCUT2D eigenvalue weighted by molar-refractivity contribution is -0.141. The second-order valence-corrected chi connectivity index (χ2v) is 6.31. The predicted octanol–water partition coefficient (Wildman–Crippen LogP) is 1.18. The van der Waals surface area contributed by atoms with Crippen LogP contribution in [0.5, 0.6) is 0 Å². The molecule has 114 valence electrons. The van der Waals surface area contributed by atoms with Crippen LogP contribution in [0.15, 0.2) is 12.2 Å². The van der Waals surface area contributed by atoms with Crippen LogP contribution in [0.4, 0.5) is 0 Å². The predicted molar refractivity (Wildman–Crippen MR) is 75.1 cm³/mol. The number of rotatable bonds is 6. The molecular formula is C16H21NO4. The highest BCUT2D eigenvalue weighted by Crippen LogP contribution is 2.52. The lowest BCUT2D eigenvalue weighted by atomic mass is 9.85. The molecule has 0 aromatic carbocycles. The van der Waals surface area contributed by atoms with Gasteiger partial charge in [0, 0.05) is 13.2 Å². The van der Waals surface area contributed by atoms with Gasteiger partial charge in [0.05, 0.1) is 11.8 Å². The van der Waals surface area contributed by atoms with Crippen molar-refractivity contribution >= 4 is 17.6 Å². The first-order valence-electron chi connectivity index (χ1n) is 7.66. The molecule has 2 bridgehead atoms. The van der Waals surface area contributed by atoms with Crippen LogP contribution in [0, 0.1) is 23.7 Å². The van der Waals surface area contributed by atoms with Crippen LogP contribution in [-0.2, 0) is 19.1 Å². The maximum atomic E-state index is 12.4. The molecule has 21 heavy (non-hydrogen) atoms. The number of carbonyl (C=O) groups is 3. The van der Waals surface area contributed by atoms with E-state index in [0.717, 1.165) is 6.42 Å². The highest BCUT2D eigenvalue weighted by atomic mass is 16.5. The van der Waals surface area contributed by atoms with E-state index in [4.69, 9.17) is 4.74 Å². The highest BCUT2D eigenvalue weighted by molar-refractivity contribution is 6.06. The van der Waals surface area contributed by atoms with Crippen molar-refractivity contribution in [2.75, 3.05) is 13.2 Å². The van der Waals surface area contributed by atoms with Gasteiger partial charge >= 0.3 is 0 Å². The number of hydrogen-bond donors (Lipinski definition) is 0. The number of ketones is 1. The minimum Gasteiger partial charge on any atom is -0.371 e. The first-order chi connectivity index (χ1) is 10.0. The Kier molecular flexibility index (Phi) is 3.69. The monoisotopic (exact) mass is 291 g/mol. The van der Waals surface area contributed by atoms with Crippen molar-refractivity contribution in [2.45, 2.75) is 32.8 Å². The molecule has 1 heterocycles. The standard InChI is InChI=1S/C16H21NO4/c1-9(18)10(2)21-7-3-6-17-15(19)13-11-4-5-12(8-11)14(13)16(17)20/h4-5,10-14H,3,6-8H2,1-2H3/t10?,11?,12?,13-,14+. The van der Waals surface area contributed by atoms with Gasteiger partial charge in [0.2, 0.25) is 11.8 Å². The molecule has 1 saturated heterocycles. The van der Waals surface area contributed by atoms with Crippen LogP contribution in [0.25, 0.3) is 0 Å². The third kappa shape index (κ3) is 2.33. The van der Waals surface area contributed by atoms with Crippen LogP contribution in [0.2, 0.25) is 0 Å². The molecule has 2 amide bonds. The molecule has 1 saturated carbocycles. The van der Waals surface area contributed by atoms with E-state index in [2.05, 4.69) is 12.2 Å². The van der Waals surface area contributed by atoms with Gasteiger partial charge in [-0.15, -0.1) is 0 Å². The zero-order valence-corrected chi connectivity index (χ0v) is 12.5. The fraction of sp³-hybridized carbons (Fsp3) is 0.688. The van der Waals surface area contributed by atoms with Gasteiger partial charge in [0.15, 0.2) is 5.78 Å². The molecule has 2 fully saturated rings. The lowest BCUT2D eigenvalue weighted by Gasteiger charge is -2.17. The average molecular weight is 291 g/mol. The van der Waals surface area contributed by atoms with E-state index in [-0.39, 0.29) is 41.3 Å². The van der Waals surface area contributed by atoms with Gasteiger partial charge in [-0.2, -0.15) is 0 Å². The topological polar surface area (TPSA) is 63.7 Å². The van der Waals surface area contributed by atoms with Crippen LogP contribution >= 0.6 is 0 Å². The first kappa shape index (κ1) is 14.4. The number of likely N-dealkylation sites (tertiary alicyclic amines) is 1. The molecule has 3 rings (SSSR count). The normalized spacial score (nSPS) is 34.7. The fourth-order valence-electron chi connectivity index (χ4n) is 3.78. The summed E-state index contributed by atoms with van der Waals surface area (Å²) in [7, 11) is 0. The largest absolute Gasteiger partial charge is 0.371 e. The second kappa shape index (κ2) is 5.37. The van der Waals surface area contributed by atoms with E-state index < -0.39 is 6.10 Å². The van der Waals surface area contributed by atoms with Crippen molar-refractivity contribution < 1.29 is 19.1 Å². The van der Waals surface area contributed by atoms with Crippen LogP contribution in [0.3, 0.4) is 0 Å². The van der Waals surface area contributed by atoms with Gasteiger partial charge in [0.25, 0.3) is 0 Å². The Morgan fingerprint density at radius 2 is 1.86 bits per heavy atom. The Bertz CT molecular complexity index is 482. The van der Waals surface area contributed by atoms with Gasteiger partial charge in [-0.05, 0) is 38.5 Å². The molecule has 5 heteroatoms. The summed E-state index contributed by atoms with van der Waals surface area (Å²) in [6, 6.07) is 0. The molecule has 0 N–H and O–H groups in total. The quantitative estimate of drug-likeness (QED) is 0.419. The Morgan fingerprint density at radius 1 is 1.29 bits per heavy atom. The summed E-state index contributed by atoms with van der Waals surface area (Å²) in [5.41, 5.74) is 0. The van der Waals surface area contributed by atoms with Crippen molar-refractivity contribution in [3.8, 4) is 0 Å². The SMILES string of the molecule is CC(=O)C(C)OCCCN1C(=O)[C@@H]2C3C=CC(C3)[C@@H]2C1=O. The van der Waals surface area contributed by atoms with Crippen LogP contribution in [-0.4, -0.2) is 41.8 Å². The zero-order valence-electron chi connectivity index (χ0n) is 12.5. The second-order valence-electron chi connectivity index (χ2n) is 6.31. The summed E-state index contributed by atoms with van der Waals surface area (Å²) in [4.78, 5) is 37.3. The van der Waals surface area contributed by atoms with Gasteiger partial charge in [-0.25, -0.2) is 0 Å². The average Bonchev–Trinajstić information content (AvgIpc) is 3.11. The molecular weight excluding hydrogens is 270 g/mol. The molecule has 5 atom stereocenters. The molecule has 0 aromatic heterocycles. The van der Waals surface area contributed by atoms with Gasteiger partial charge < -0.3 is 4.74 Å². The Balaban J connectivity index is 1.53. The first-order valence-corrected chi connectivity index (χ1v) is 7.66. The number of fused-ring (bicyclic) bond motifs is 5. The Hall–Kier alpha value is -1.49. The third-order valence-corrected chi connectivity index (χ3v) is 5.03. The number of hydrogen-bond acceptors (Lipinski definition) is 4. The van der Waals surface area contributed by atoms with E-state index in [1.165, 1.54) is 11.8 Å². The number of imide groups is 1. The number of nitrogens with zero attached hydrogens (tertiary/aromatic N) is 1. The highest BCUT2D eigenvalue weighted by Gasteiger charge is 2.58. The summed E-state index contributed by atoms with van der Waals surface area (Å²) >= 11 is 0. The smallest absolute Gasteiger partial charge is 0.233 e. The number of allylic oxidation sites excluding steroid dienone is 2. The fourth-order valence-corrected chi connectivity index (χ4v) is 3.78. The third-order valence-electron chi connectivity index (χ3n) is 5.03. The maximum Gasteiger partial charge on any atom is 0.233 e. The van der Waals surface area contributed by atoms with Crippen molar-refractivity contribution in [3.63, 3.8) is 0 Å². The zero-order chi connectivity index (χ0) is 15.1.